The van der Waals surface area contributed by atoms with Gasteiger partial charge in [-0.1, -0.05) is 315 Å². The molecule has 0 spiro atoms. The number of hydrogen-bond donors (Lipinski definition) is 0. The molecule has 2 aliphatic carbocycles. The molecule has 22 aromatic carbocycles. The van der Waals surface area contributed by atoms with E-state index in [1.165, 1.54) is 250 Å². The lowest BCUT2D eigenvalue weighted by Gasteiger charge is -2.42. The molecule has 1 aliphatic heterocycles. The predicted octanol–water partition coefficient (Wildman–Crippen LogP) is 35.9. The van der Waals surface area contributed by atoms with Crippen LogP contribution in [0.4, 0.5) is 17.1 Å². The monoisotopic (exact) mass is 1790 g/mol. The van der Waals surface area contributed by atoms with Crippen LogP contribution in [0.15, 0.2) is 437 Å². The van der Waals surface area contributed by atoms with Crippen molar-refractivity contribution in [1.82, 2.24) is 24.1 Å². The van der Waals surface area contributed by atoms with Gasteiger partial charge in [-0.25, -0.2) is 9.97 Å². The first-order chi connectivity index (χ1) is 68.2. The summed E-state index contributed by atoms with van der Waals surface area (Å²) >= 11 is 1.89. The zero-order chi connectivity index (χ0) is 92.4. The standard InChI is InChI=1S/C45H31NS.C44H30N2.C43H29N3/c1-45(2)39-25-29(28-20-22-35-33-16-7-6-14-31(33)32-15-8-9-17-34(32)37(35)24-28)21-23-41(39)46(30-12-4-3-5-13-30)42-27-44-38(26-40(42)45)36-18-10-11-19-43(36)47-44;1-44(2)39-16-8-7-15-34(39)36-25-38-37-23-27(41-17-9-10-22-45-41)18-21-42(37)46(43(38)26-40(36)44)28-19-20-33-31-13-4-3-11-29(31)30-12-5-6-14-32(30)35(33)24-28;1-43(2)38-15-8-7-14-33(38)35-24-37-36-22-26(42-44-20-9-21-45-42)16-19-40(36)46(41(37)25-39(35)43)27-17-18-32-30-12-4-3-10-28(30)29-11-5-6-13-31(29)34(32)23-27/h3-27H,1-2H3;3-26H,1-2H3;3-25H,1-2H3. The lowest BCUT2D eigenvalue weighted by Crippen LogP contribution is -2.30. The zero-order valence-corrected chi connectivity index (χ0v) is 78.5. The lowest BCUT2D eigenvalue weighted by molar-refractivity contribution is 0.633. The Balaban J connectivity index is 0.000000103. The minimum atomic E-state index is -0.205. The van der Waals surface area contributed by atoms with Gasteiger partial charge in [0.1, 0.15) is 0 Å². The van der Waals surface area contributed by atoms with E-state index < -0.39 is 0 Å². The minimum Gasteiger partial charge on any atom is -0.310 e. The fraction of sp³-hybridized carbons (Fsp3) is 0.0682. The van der Waals surface area contributed by atoms with Gasteiger partial charge in [0, 0.05) is 105 Å². The quantitative estimate of drug-likeness (QED) is 0.156. The van der Waals surface area contributed by atoms with Crippen molar-refractivity contribution in [1.29, 1.82) is 0 Å². The summed E-state index contributed by atoms with van der Waals surface area (Å²) < 4.78 is 7.61. The molecule has 0 saturated heterocycles. The summed E-state index contributed by atoms with van der Waals surface area (Å²) in [6.07, 6.45) is 5.49. The Morgan fingerprint density at radius 1 is 0.194 bits per heavy atom. The molecule has 0 unspecified atom stereocenters. The average Bonchev–Trinajstić information content (AvgIpc) is 1.53. The third-order valence-electron chi connectivity index (χ3n) is 31.1. The number of anilines is 3. The summed E-state index contributed by atoms with van der Waals surface area (Å²) in [5.41, 5.74) is 29.7. The molecule has 3 aliphatic rings. The van der Waals surface area contributed by atoms with Crippen molar-refractivity contribution < 1.29 is 0 Å². The molecule has 0 N–H and O–H groups in total. The van der Waals surface area contributed by atoms with Crippen molar-refractivity contribution in [2.24, 2.45) is 0 Å². The van der Waals surface area contributed by atoms with Gasteiger partial charge >= 0.3 is 0 Å². The van der Waals surface area contributed by atoms with Crippen LogP contribution in [0, 0.1) is 0 Å². The van der Waals surface area contributed by atoms with E-state index in [9.17, 15) is 0 Å². The summed E-state index contributed by atoms with van der Waals surface area (Å²) in [6, 6.07) is 155. The second kappa shape index (κ2) is 30.5. The fourth-order valence-corrected chi connectivity index (χ4v) is 25.5. The highest BCUT2D eigenvalue weighted by atomic mass is 32.1. The molecular formula is C132H90N6S. The zero-order valence-electron chi connectivity index (χ0n) is 77.7. The van der Waals surface area contributed by atoms with Crippen molar-refractivity contribution in [2.45, 2.75) is 57.8 Å². The Bertz CT molecular complexity index is 9460. The smallest absolute Gasteiger partial charge is 0.159 e. The van der Waals surface area contributed by atoms with Crippen LogP contribution >= 0.6 is 11.3 Å². The molecule has 0 fully saturated rings. The van der Waals surface area contributed by atoms with Crippen molar-refractivity contribution in [3.8, 4) is 67.4 Å². The van der Waals surface area contributed by atoms with Crippen molar-refractivity contribution in [3.05, 3.63) is 471 Å². The second-order valence-corrected chi connectivity index (χ2v) is 40.7. The van der Waals surface area contributed by atoms with Crippen molar-refractivity contribution in [2.75, 3.05) is 4.90 Å². The van der Waals surface area contributed by atoms with E-state index in [0.29, 0.717) is 0 Å². The minimum absolute atomic E-state index is 0.0843. The van der Waals surface area contributed by atoms with Crippen LogP contribution in [0.25, 0.3) is 228 Å². The number of benzene rings is 22. The van der Waals surface area contributed by atoms with Crippen LogP contribution in [0.1, 0.15) is 74.9 Å². The molecule has 0 radical (unpaired) electrons. The highest BCUT2D eigenvalue weighted by Crippen LogP contribution is 2.58. The summed E-state index contributed by atoms with van der Waals surface area (Å²) in [5, 5.41) is 30.9. The van der Waals surface area contributed by atoms with Gasteiger partial charge in [-0.3, -0.25) is 4.98 Å². The summed E-state index contributed by atoms with van der Waals surface area (Å²) in [4.78, 5) is 16.3. The Morgan fingerprint density at radius 3 is 1.07 bits per heavy atom. The molecule has 0 saturated carbocycles. The number of nitrogens with zero attached hydrogens (tertiary/aromatic N) is 6. The summed E-state index contributed by atoms with van der Waals surface area (Å²) in [5.74, 6) is 0.738. The Kier molecular flexibility index (Phi) is 17.7. The molecule has 654 valence electrons. The van der Waals surface area contributed by atoms with Gasteiger partial charge in [0.05, 0.1) is 39.1 Å². The Morgan fingerprint density at radius 2 is 0.568 bits per heavy atom. The van der Waals surface area contributed by atoms with Crippen LogP contribution < -0.4 is 4.90 Å². The average molecular weight is 1790 g/mol. The molecule has 0 amide bonds. The predicted molar refractivity (Wildman–Crippen MR) is 590 cm³/mol. The molecule has 27 aromatic rings. The molecule has 0 atom stereocenters. The van der Waals surface area contributed by atoms with E-state index in [0.717, 1.165) is 28.3 Å². The largest absolute Gasteiger partial charge is 0.310 e. The van der Waals surface area contributed by atoms with E-state index in [1.54, 1.807) is 0 Å². The first-order valence-corrected chi connectivity index (χ1v) is 49.1. The third-order valence-corrected chi connectivity index (χ3v) is 32.2. The van der Waals surface area contributed by atoms with Crippen molar-refractivity contribution in [3.63, 3.8) is 0 Å². The van der Waals surface area contributed by atoms with Crippen LogP contribution in [-0.4, -0.2) is 24.1 Å². The number of pyridine rings is 1. The van der Waals surface area contributed by atoms with Gasteiger partial charge in [0.15, 0.2) is 5.82 Å². The van der Waals surface area contributed by atoms with Crippen LogP contribution in [0.2, 0.25) is 0 Å². The van der Waals surface area contributed by atoms with Crippen LogP contribution in [0.5, 0.6) is 0 Å². The molecule has 0 bridgehead atoms. The molecule has 6 heterocycles. The van der Waals surface area contributed by atoms with Crippen molar-refractivity contribution >= 4 is 189 Å². The highest BCUT2D eigenvalue weighted by Gasteiger charge is 2.41. The maximum absolute atomic E-state index is 4.69. The van der Waals surface area contributed by atoms with Crippen LogP contribution in [-0.2, 0) is 16.2 Å². The number of fused-ring (bicyclic) bond motifs is 35. The fourth-order valence-electron chi connectivity index (χ4n) is 24.4. The molecular weight excluding hydrogens is 1700 g/mol. The lowest BCUT2D eigenvalue weighted by atomic mass is 9.72. The molecule has 7 heteroatoms. The highest BCUT2D eigenvalue weighted by molar-refractivity contribution is 7.25. The van der Waals surface area contributed by atoms with E-state index in [4.69, 9.17) is 0 Å². The van der Waals surface area contributed by atoms with E-state index >= 15 is 0 Å². The van der Waals surface area contributed by atoms with Crippen LogP contribution in [0.3, 0.4) is 0 Å². The Hall–Kier alpha value is -17.0. The molecule has 5 aromatic heterocycles. The van der Waals surface area contributed by atoms with Gasteiger partial charge in [0.25, 0.3) is 0 Å². The Labute approximate surface area is 807 Å². The van der Waals surface area contributed by atoms with Gasteiger partial charge < -0.3 is 14.0 Å². The van der Waals surface area contributed by atoms with Gasteiger partial charge in [-0.05, 0) is 309 Å². The number of rotatable bonds is 6. The maximum Gasteiger partial charge on any atom is 0.159 e. The topological polar surface area (TPSA) is 51.8 Å². The number of thiophene rings is 1. The number of aromatic nitrogens is 5. The van der Waals surface area contributed by atoms with Gasteiger partial charge in [0.2, 0.25) is 0 Å². The molecule has 6 nitrogen and oxygen atoms in total. The SMILES string of the molecule is CC1(C)c2cc(-c3ccc4c5ccccc5c5ccccc5c4c3)ccc2N(c2ccccc2)c2cc3sc4ccccc4c3cc21.CC1(C)c2ccccc2-c2cc3c4cc(-c5ccccn5)ccc4n(-c4ccc5c6ccccc6c6ccccc6c5c4)c3cc21.CC1(C)c2ccccc2-c2cc3c4cc(-c5ncccn5)ccc4n(-c4ccc5c6ccccc6c6ccccc6c5c4)c3cc21. The maximum atomic E-state index is 4.69. The summed E-state index contributed by atoms with van der Waals surface area (Å²) in [7, 11) is 0. The first kappa shape index (κ1) is 80.5. The molecule has 30 rings (SSSR count). The van der Waals surface area contributed by atoms with E-state index in [-0.39, 0.29) is 16.2 Å². The molecule has 139 heavy (non-hydrogen) atoms. The first-order valence-electron chi connectivity index (χ1n) is 48.3. The van der Waals surface area contributed by atoms with Gasteiger partial charge in [-0.15, -0.1) is 11.3 Å². The second-order valence-electron chi connectivity index (χ2n) is 39.6. The number of para-hydroxylation sites is 1. The van der Waals surface area contributed by atoms with E-state index in [1.807, 2.05) is 42.1 Å². The normalized spacial score (nSPS) is 13.7. The summed E-state index contributed by atoms with van der Waals surface area (Å²) in [6.45, 7) is 14.2. The third kappa shape index (κ3) is 12.1. The van der Waals surface area contributed by atoms with E-state index in [2.05, 4.69) is 477 Å². The van der Waals surface area contributed by atoms with Gasteiger partial charge in [-0.2, -0.15) is 0 Å². The number of hydrogen-bond acceptors (Lipinski definition) is 5.